The fourth-order valence-corrected chi connectivity index (χ4v) is 1.06. The molecule has 0 amide bonds. The summed E-state index contributed by atoms with van der Waals surface area (Å²) in [6.07, 6.45) is 4.13. The molecule has 1 radical (unpaired) electrons. The second-order valence-electron chi connectivity index (χ2n) is 2.70. The lowest BCUT2D eigenvalue weighted by atomic mass is 10.1. The minimum atomic E-state index is -0.301. The van der Waals surface area contributed by atoms with Crippen molar-refractivity contribution in [1.29, 1.82) is 0 Å². The largest absolute Gasteiger partial charge is 0.328 e. The molecule has 69 valence electrons. The summed E-state index contributed by atoms with van der Waals surface area (Å²) in [5.41, 5.74) is 0.754. The summed E-state index contributed by atoms with van der Waals surface area (Å²) in [5, 5.41) is 5.75. The molecule has 0 fully saturated rings. The van der Waals surface area contributed by atoms with Gasteiger partial charge in [-0.1, -0.05) is 0 Å². The number of nitrogens with zero attached hydrogens (tertiary/aromatic N) is 1. The average molecular weight is 188 g/mol. The minimum absolute atomic E-state index is 0.188. The van der Waals surface area contributed by atoms with E-state index in [9.17, 15) is 9.59 Å². The van der Waals surface area contributed by atoms with Crippen molar-refractivity contribution in [3.63, 3.8) is 0 Å². The lowest BCUT2D eigenvalue weighted by Gasteiger charge is -1.96. The van der Waals surface area contributed by atoms with Crippen LogP contribution in [0.1, 0.15) is 0 Å². The van der Waals surface area contributed by atoms with E-state index in [4.69, 9.17) is 0 Å². The fraction of sp³-hybridized carbons (Fsp3) is 0. The van der Waals surface area contributed by atoms with Crippen LogP contribution in [0.3, 0.4) is 0 Å². The SMILES string of the molecule is O=c1ccc(-c2[c]n[nH]c(=O)c2)c[nH]1. The highest BCUT2D eigenvalue weighted by molar-refractivity contribution is 5.59. The van der Waals surface area contributed by atoms with Crippen LogP contribution in [0.2, 0.25) is 0 Å². The quantitative estimate of drug-likeness (QED) is 0.657. The molecule has 0 atom stereocenters. The Morgan fingerprint density at radius 3 is 2.71 bits per heavy atom. The molecule has 0 saturated carbocycles. The van der Waals surface area contributed by atoms with Gasteiger partial charge in [-0.25, -0.2) is 5.10 Å². The Bertz CT molecular complexity index is 536. The third kappa shape index (κ3) is 1.61. The molecular weight excluding hydrogens is 182 g/mol. The Morgan fingerprint density at radius 2 is 2.07 bits per heavy atom. The van der Waals surface area contributed by atoms with E-state index in [0.29, 0.717) is 11.1 Å². The van der Waals surface area contributed by atoms with Crippen molar-refractivity contribution in [2.24, 2.45) is 0 Å². The molecule has 0 spiro atoms. The normalized spacial score (nSPS) is 10.0. The van der Waals surface area contributed by atoms with Gasteiger partial charge in [0.1, 0.15) is 6.20 Å². The smallest absolute Gasteiger partial charge is 0.264 e. The zero-order valence-electron chi connectivity index (χ0n) is 7.07. The van der Waals surface area contributed by atoms with Gasteiger partial charge in [0.15, 0.2) is 0 Å². The Balaban J connectivity index is 2.55. The van der Waals surface area contributed by atoms with Crippen LogP contribution < -0.4 is 11.1 Å². The van der Waals surface area contributed by atoms with Crippen LogP contribution >= 0.6 is 0 Å². The number of H-pyrrole nitrogens is 2. The van der Waals surface area contributed by atoms with Gasteiger partial charge in [-0.3, -0.25) is 9.59 Å². The van der Waals surface area contributed by atoms with Crippen LogP contribution in [0.15, 0.2) is 34.0 Å². The van der Waals surface area contributed by atoms with Gasteiger partial charge in [-0.2, -0.15) is 5.10 Å². The molecular formula is C9H6N3O2. The topological polar surface area (TPSA) is 78.6 Å². The predicted molar refractivity (Wildman–Crippen MR) is 49.8 cm³/mol. The second kappa shape index (κ2) is 3.29. The number of pyridine rings is 1. The lowest BCUT2D eigenvalue weighted by molar-refractivity contribution is 0.983. The van der Waals surface area contributed by atoms with Crippen molar-refractivity contribution in [3.8, 4) is 11.1 Å². The number of aromatic nitrogens is 3. The van der Waals surface area contributed by atoms with Crippen molar-refractivity contribution in [2.75, 3.05) is 0 Å². The highest BCUT2D eigenvalue weighted by atomic mass is 16.1. The van der Waals surface area contributed by atoms with Crippen molar-refractivity contribution < 1.29 is 0 Å². The van der Waals surface area contributed by atoms with Crippen LogP contribution in [-0.4, -0.2) is 15.2 Å². The zero-order chi connectivity index (χ0) is 9.97. The van der Waals surface area contributed by atoms with Crippen LogP contribution in [0.4, 0.5) is 0 Å². The molecule has 0 aliphatic carbocycles. The first-order chi connectivity index (χ1) is 6.75. The summed E-state index contributed by atoms with van der Waals surface area (Å²) in [4.78, 5) is 24.2. The highest BCUT2D eigenvalue weighted by Crippen LogP contribution is 2.11. The van der Waals surface area contributed by atoms with Crippen LogP contribution in [0.25, 0.3) is 11.1 Å². The average Bonchev–Trinajstić information content (AvgIpc) is 2.19. The standard InChI is InChI=1S/C9H6N3O2/c13-8-2-1-6(4-10-8)7-3-9(14)12-11-5-7/h1-4H,(H,10,13)(H,12,14). The molecule has 0 aliphatic rings. The molecule has 5 heteroatoms. The van der Waals surface area contributed by atoms with Crippen LogP contribution in [0, 0.1) is 6.20 Å². The van der Waals surface area contributed by atoms with E-state index < -0.39 is 0 Å². The zero-order valence-corrected chi connectivity index (χ0v) is 7.07. The molecule has 2 aromatic heterocycles. The highest BCUT2D eigenvalue weighted by Gasteiger charge is 1.98. The number of aromatic amines is 2. The molecule has 0 unspecified atom stereocenters. The monoisotopic (exact) mass is 188 g/mol. The Labute approximate surface area is 78.4 Å². The Hall–Kier alpha value is -2.17. The summed E-state index contributed by atoms with van der Waals surface area (Å²) in [6, 6.07) is 4.34. The van der Waals surface area contributed by atoms with Gasteiger partial charge < -0.3 is 4.98 Å². The summed E-state index contributed by atoms with van der Waals surface area (Å²) in [7, 11) is 0. The van der Waals surface area contributed by atoms with Crippen molar-refractivity contribution in [3.05, 3.63) is 51.3 Å². The van der Waals surface area contributed by atoms with E-state index in [-0.39, 0.29) is 11.1 Å². The predicted octanol–water partition coefficient (Wildman–Crippen LogP) is -0.0746. The van der Waals surface area contributed by atoms with Crippen molar-refractivity contribution in [2.45, 2.75) is 0 Å². The third-order valence-electron chi connectivity index (χ3n) is 1.71. The van der Waals surface area contributed by atoms with Gasteiger partial charge in [0.25, 0.3) is 5.56 Å². The molecule has 5 nitrogen and oxygen atoms in total. The van der Waals surface area contributed by atoms with Gasteiger partial charge in [0, 0.05) is 29.5 Å². The van der Waals surface area contributed by atoms with Gasteiger partial charge in [0.05, 0.1) is 0 Å². The molecule has 0 aromatic carbocycles. The fourth-order valence-electron chi connectivity index (χ4n) is 1.06. The number of hydrogen-bond acceptors (Lipinski definition) is 3. The molecule has 0 bridgehead atoms. The lowest BCUT2D eigenvalue weighted by Crippen LogP contribution is -2.07. The van der Waals surface area contributed by atoms with Gasteiger partial charge in [-0.15, -0.1) is 0 Å². The summed E-state index contributed by atoms with van der Waals surface area (Å²) in [5.74, 6) is 0. The molecule has 14 heavy (non-hydrogen) atoms. The Kier molecular flexibility index (Phi) is 1.98. The summed E-state index contributed by atoms with van der Waals surface area (Å²) >= 11 is 0. The summed E-state index contributed by atoms with van der Waals surface area (Å²) < 4.78 is 0. The number of hydrogen-bond donors (Lipinski definition) is 2. The maximum absolute atomic E-state index is 10.9. The van der Waals surface area contributed by atoms with E-state index in [2.05, 4.69) is 21.4 Å². The Morgan fingerprint density at radius 1 is 1.21 bits per heavy atom. The number of nitrogens with one attached hydrogen (secondary N) is 2. The van der Waals surface area contributed by atoms with Crippen LogP contribution in [-0.2, 0) is 0 Å². The molecule has 2 N–H and O–H groups in total. The molecule has 0 aliphatic heterocycles. The minimum Gasteiger partial charge on any atom is -0.328 e. The molecule has 2 rings (SSSR count). The van der Waals surface area contributed by atoms with E-state index in [0.717, 1.165) is 0 Å². The first kappa shape index (κ1) is 8.43. The molecule has 2 aromatic rings. The van der Waals surface area contributed by atoms with Gasteiger partial charge in [0.2, 0.25) is 5.56 Å². The third-order valence-corrected chi connectivity index (χ3v) is 1.71. The van der Waals surface area contributed by atoms with Crippen molar-refractivity contribution in [1.82, 2.24) is 15.2 Å². The summed E-state index contributed by atoms with van der Waals surface area (Å²) in [6.45, 7) is 0. The molecule has 0 saturated heterocycles. The second-order valence-corrected chi connectivity index (χ2v) is 2.70. The van der Waals surface area contributed by atoms with E-state index in [1.807, 2.05) is 0 Å². The van der Waals surface area contributed by atoms with E-state index in [1.54, 1.807) is 6.07 Å². The van der Waals surface area contributed by atoms with Gasteiger partial charge in [-0.05, 0) is 6.07 Å². The maximum atomic E-state index is 10.9. The number of rotatable bonds is 1. The van der Waals surface area contributed by atoms with Crippen molar-refractivity contribution >= 4 is 0 Å². The first-order valence-electron chi connectivity index (χ1n) is 3.92. The maximum Gasteiger partial charge on any atom is 0.264 e. The van der Waals surface area contributed by atoms with E-state index in [1.165, 1.54) is 18.3 Å². The first-order valence-corrected chi connectivity index (χ1v) is 3.92. The molecule has 2 heterocycles. The van der Waals surface area contributed by atoms with Gasteiger partial charge >= 0.3 is 0 Å². The van der Waals surface area contributed by atoms with E-state index >= 15 is 0 Å². The van der Waals surface area contributed by atoms with Crippen LogP contribution in [0.5, 0.6) is 0 Å².